The van der Waals surface area contributed by atoms with Gasteiger partial charge in [-0.15, -0.1) is 0 Å². The summed E-state index contributed by atoms with van der Waals surface area (Å²) in [6.07, 6.45) is 2.61. The number of rotatable bonds is 3. The lowest BCUT2D eigenvalue weighted by Gasteiger charge is -2.12. The van der Waals surface area contributed by atoms with Crippen LogP contribution in [-0.2, 0) is 6.61 Å². The summed E-state index contributed by atoms with van der Waals surface area (Å²) in [5, 5.41) is 9.42. The Morgan fingerprint density at radius 2 is 1.53 bits per heavy atom. The molecule has 0 radical (unpaired) electrons. The fourth-order valence-corrected chi connectivity index (χ4v) is 2.41. The molecule has 0 atom stereocenters. The fraction of sp³-hybridized carbons (Fsp3) is 0.250. The Bertz CT molecular complexity index is 527. The second kappa shape index (κ2) is 4.34. The fourth-order valence-electron chi connectivity index (χ4n) is 2.41. The third-order valence-corrected chi connectivity index (χ3v) is 3.46. The van der Waals surface area contributed by atoms with Gasteiger partial charge >= 0.3 is 0 Å². The molecular formula is C16H16O. The van der Waals surface area contributed by atoms with E-state index in [2.05, 4.69) is 30.3 Å². The maximum Gasteiger partial charge on any atom is 0.0687 e. The molecule has 0 bridgehead atoms. The van der Waals surface area contributed by atoms with Gasteiger partial charge in [-0.3, -0.25) is 0 Å². The maximum absolute atomic E-state index is 9.42. The van der Waals surface area contributed by atoms with Crippen LogP contribution in [0, 0.1) is 0 Å². The Kier molecular flexibility index (Phi) is 2.69. The average Bonchev–Trinajstić information content (AvgIpc) is 3.23. The summed E-state index contributed by atoms with van der Waals surface area (Å²) in [4.78, 5) is 0. The van der Waals surface area contributed by atoms with Crippen LogP contribution in [0.4, 0.5) is 0 Å². The van der Waals surface area contributed by atoms with Gasteiger partial charge in [-0.05, 0) is 41.0 Å². The molecule has 0 aliphatic heterocycles. The molecule has 2 aromatic carbocycles. The molecule has 3 rings (SSSR count). The minimum Gasteiger partial charge on any atom is -0.392 e. The van der Waals surface area contributed by atoms with E-state index < -0.39 is 0 Å². The zero-order chi connectivity index (χ0) is 11.7. The lowest BCUT2D eigenvalue weighted by atomic mass is 9.93. The zero-order valence-corrected chi connectivity index (χ0v) is 9.76. The van der Waals surface area contributed by atoms with Crippen LogP contribution in [0.1, 0.15) is 29.9 Å². The number of hydrogen-bond acceptors (Lipinski definition) is 1. The van der Waals surface area contributed by atoms with E-state index in [1.54, 1.807) is 0 Å². The van der Waals surface area contributed by atoms with Gasteiger partial charge in [0.15, 0.2) is 0 Å². The summed E-state index contributed by atoms with van der Waals surface area (Å²) in [6, 6.07) is 16.7. The van der Waals surface area contributed by atoms with Crippen LogP contribution < -0.4 is 0 Å². The molecule has 86 valence electrons. The van der Waals surface area contributed by atoms with Crippen LogP contribution in [0.5, 0.6) is 0 Å². The molecule has 0 spiro atoms. The molecule has 0 heterocycles. The van der Waals surface area contributed by atoms with Gasteiger partial charge < -0.3 is 5.11 Å². The van der Waals surface area contributed by atoms with E-state index in [-0.39, 0.29) is 6.61 Å². The van der Waals surface area contributed by atoms with Gasteiger partial charge in [0.2, 0.25) is 0 Å². The molecule has 0 saturated heterocycles. The lowest BCUT2D eigenvalue weighted by Crippen LogP contribution is -1.92. The van der Waals surface area contributed by atoms with Crippen LogP contribution in [0.15, 0.2) is 48.5 Å². The highest BCUT2D eigenvalue weighted by atomic mass is 16.3. The van der Waals surface area contributed by atoms with Gasteiger partial charge in [0.05, 0.1) is 6.61 Å². The van der Waals surface area contributed by atoms with E-state index in [1.807, 2.05) is 18.2 Å². The van der Waals surface area contributed by atoms with Crippen LogP contribution in [-0.4, -0.2) is 5.11 Å². The normalized spacial score (nSPS) is 14.9. The van der Waals surface area contributed by atoms with Crippen molar-refractivity contribution in [2.24, 2.45) is 0 Å². The molecule has 1 aliphatic carbocycles. The van der Waals surface area contributed by atoms with Crippen molar-refractivity contribution < 1.29 is 5.11 Å². The van der Waals surface area contributed by atoms with E-state index in [1.165, 1.54) is 29.5 Å². The van der Waals surface area contributed by atoms with E-state index in [4.69, 9.17) is 0 Å². The van der Waals surface area contributed by atoms with Crippen molar-refractivity contribution in [1.29, 1.82) is 0 Å². The third-order valence-electron chi connectivity index (χ3n) is 3.46. The SMILES string of the molecule is OCc1ccccc1-c1ccccc1C1CC1. The standard InChI is InChI=1S/C16H16O/c17-11-13-5-1-2-7-15(13)16-8-4-3-6-14(16)12-9-10-12/h1-8,12,17H,9-11H2. The molecule has 1 N–H and O–H groups in total. The van der Waals surface area contributed by atoms with Crippen molar-refractivity contribution in [1.82, 2.24) is 0 Å². The van der Waals surface area contributed by atoms with E-state index in [0.29, 0.717) is 0 Å². The molecule has 1 nitrogen and oxygen atoms in total. The molecular weight excluding hydrogens is 208 g/mol. The topological polar surface area (TPSA) is 20.2 Å². The Hall–Kier alpha value is -1.60. The highest BCUT2D eigenvalue weighted by molar-refractivity contribution is 5.71. The van der Waals surface area contributed by atoms with Crippen LogP contribution in [0.25, 0.3) is 11.1 Å². The summed E-state index contributed by atoms with van der Waals surface area (Å²) in [5.41, 5.74) is 4.92. The summed E-state index contributed by atoms with van der Waals surface area (Å²) in [5.74, 6) is 0.734. The quantitative estimate of drug-likeness (QED) is 0.842. The van der Waals surface area contributed by atoms with Gasteiger partial charge in [0.1, 0.15) is 0 Å². The molecule has 1 saturated carbocycles. The van der Waals surface area contributed by atoms with Gasteiger partial charge in [-0.2, -0.15) is 0 Å². The van der Waals surface area contributed by atoms with Gasteiger partial charge in [-0.25, -0.2) is 0 Å². The largest absolute Gasteiger partial charge is 0.392 e. The monoisotopic (exact) mass is 224 g/mol. The average molecular weight is 224 g/mol. The molecule has 1 aliphatic rings. The Balaban J connectivity index is 2.14. The first-order valence-electron chi connectivity index (χ1n) is 6.18. The minimum absolute atomic E-state index is 0.106. The van der Waals surface area contributed by atoms with Crippen molar-refractivity contribution in [3.63, 3.8) is 0 Å². The maximum atomic E-state index is 9.42. The first-order chi connectivity index (χ1) is 8.40. The number of benzene rings is 2. The molecule has 17 heavy (non-hydrogen) atoms. The van der Waals surface area contributed by atoms with E-state index in [9.17, 15) is 5.11 Å². The van der Waals surface area contributed by atoms with Gasteiger partial charge in [0.25, 0.3) is 0 Å². The summed E-state index contributed by atoms with van der Waals surface area (Å²) < 4.78 is 0. The number of hydrogen-bond donors (Lipinski definition) is 1. The Morgan fingerprint density at radius 1 is 0.882 bits per heavy atom. The van der Waals surface area contributed by atoms with Crippen molar-refractivity contribution in [2.75, 3.05) is 0 Å². The van der Waals surface area contributed by atoms with Crippen LogP contribution in [0.3, 0.4) is 0 Å². The highest BCUT2D eigenvalue weighted by Crippen LogP contribution is 2.44. The summed E-state index contributed by atoms with van der Waals surface area (Å²) >= 11 is 0. The first-order valence-corrected chi connectivity index (χ1v) is 6.18. The minimum atomic E-state index is 0.106. The lowest BCUT2D eigenvalue weighted by molar-refractivity contribution is 0.282. The molecule has 2 aromatic rings. The summed E-state index contributed by atoms with van der Waals surface area (Å²) in [6.45, 7) is 0.106. The summed E-state index contributed by atoms with van der Waals surface area (Å²) in [7, 11) is 0. The van der Waals surface area contributed by atoms with E-state index >= 15 is 0 Å². The number of aliphatic hydroxyl groups is 1. The van der Waals surface area contributed by atoms with Gasteiger partial charge in [-0.1, -0.05) is 48.5 Å². The third kappa shape index (κ3) is 1.98. The zero-order valence-electron chi connectivity index (χ0n) is 9.76. The van der Waals surface area contributed by atoms with Crippen molar-refractivity contribution in [2.45, 2.75) is 25.4 Å². The number of aliphatic hydroxyl groups excluding tert-OH is 1. The van der Waals surface area contributed by atoms with Crippen molar-refractivity contribution in [3.05, 3.63) is 59.7 Å². The smallest absolute Gasteiger partial charge is 0.0687 e. The first kappa shape index (κ1) is 10.5. The molecule has 1 fully saturated rings. The molecule has 1 heteroatoms. The van der Waals surface area contributed by atoms with Crippen LogP contribution >= 0.6 is 0 Å². The van der Waals surface area contributed by atoms with Crippen molar-refractivity contribution in [3.8, 4) is 11.1 Å². The van der Waals surface area contributed by atoms with Crippen molar-refractivity contribution >= 4 is 0 Å². The Labute approximate surface area is 102 Å². The molecule has 0 amide bonds. The van der Waals surface area contributed by atoms with Gasteiger partial charge in [0, 0.05) is 0 Å². The highest BCUT2D eigenvalue weighted by Gasteiger charge is 2.26. The predicted molar refractivity (Wildman–Crippen MR) is 69.8 cm³/mol. The van der Waals surface area contributed by atoms with Crippen LogP contribution in [0.2, 0.25) is 0 Å². The van der Waals surface area contributed by atoms with E-state index in [0.717, 1.165) is 11.5 Å². The molecule has 0 aromatic heterocycles. The second-order valence-corrected chi connectivity index (χ2v) is 4.68. The Morgan fingerprint density at radius 3 is 2.24 bits per heavy atom. The molecule has 0 unspecified atom stereocenters. The predicted octanol–water partition coefficient (Wildman–Crippen LogP) is 3.72. The second-order valence-electron chi connectivity index (χ2n) is 4.68.